The summed E-state index contributed by atoms with van der Waals surface area (Å²) < 4.78 is 12.3. The lowest BCUT2D eigenvalue weighted by atomic mass is 10.1. The van der Waals surface area contributed by atoms with E-state index in [2.05, 4.69) is 27.8 Å². The number of para-hydroxylation sites is 1. The zero-order chi connectivity index (χ0) is 24.6. The Bertz CT molecular complexity index is 1320. The predicted octanol–water partition coefficient (Wildman–Crippen LogP) is 3.80. The SMILES string of the molecule is COCC(=O)Nc1cc(C(=O)NCc2ccccc2OC)c2c(c1)ncn2CCc1ccccc1. The molecule has 0 aliphatic rings. The maximum atomic E-state index is 13.4. The number of ether oxygens (including phenoxy) is 2. The molecule has 0 fully saturated rings. The number of carbonyl (C=O) groups excluding carboxylic acids is 2. The molecule has 0 bridgehead atoms. The van der Waals surface area contributed by atoms with Crippen molar-refractivity contribution in [2.75, 3.05) is 26.1 Å². The van der Waals surface area contributed by atoms with Gasteiger partial charge in [0.15, 0.2) is 0 Å². The maximum absolute atomic E-state index is 13.4. The number of nitrogens with one attached hydrogen (secondary N) is 2. The minimum absolute atomic E-state index is 0.0844. The third kappa shape index (κ3) is 5.85. The Hall–Kier alpha value is -4.17. The molecule has 0 unspecified atom stereocenters. The van der Waals surface area contributed by atoms with Gasteiger partial charge < -0.3 is 24.7 Å². The molecule has 1 heterocycles. The molecular formula is C27H28N4O4. The molecule has 1 aromatic heterocycles. The maximum Gasteiger partial charge on any atom is 0.253 e. The van der Waals surface area contributed by atoms with Gasteiger partial charge in [-0.2, -0.15) is 0 Å². The number of aromatic nitrogens is 2. The molecule has 0 atom stereocenters. The summed E-state index contributed by atoms with van der Waals surface area (Å²) in [4.78, 5) is 30.0. The molecule has 0 radical (unpaired) electrons. The van der Waals surface area contributed by atoms with Gasteiger partial charge in [0.05, 0.1) is 30.0 Å². The van der Waals surface area contributed by atoms with Crippen molar-refractivity contribution in [1.29, 1.82) is 0 Å². The molecule has 180 valence electrons. The fourth-order valence-corrected chi connectivity index (χ4v) is 3.97. The first-order valence-electron chi connectivity index (χ1n) is 11.3. The molecule has 3 aromatic carbocycles. The van der Waals surface area contributed by atoms with Crippen LogP contribution < -0.4 is 15.4 Å². The van der Waals surface area contributed by atoms with E-state index in [1.807, 2.05) is 47.0 Å². The van der Waals surface area contributed by atoms with E-state index in [1.54, 1.807) is 25.6 Å². The van der Waals surface area contributed by atoms with Crippen LogP contribution in [0.3, 0.4) is 0 Å². The molecule has 4 rings (SSSR count). The second-order valence-corrected chi connectivity index (χ2v) is 8.04. The topological polar surface area (TPSA) is 94.5 Å². The number of carbonyl (C=O) groups is 2. The van der Waals surface area contributed by atoms with Crippen LogP contribution in [0, 0.1) is 0 Å². The molecule has 0 saturated heterocycles. The van der Waals surface area contributed by atoms with E-state index < -0.39 is 0 Å². The van der Waals surface area contributed by atoms with Crippen LogP contribution in [0.25, 0.3) is 11.0 Å². The second kappa shape index (κ2) is 11.3. The van der Waals surface area contributed by atoms with E-state index in [9.17, 15) is 9.59 Å². The normalized spacial score (nSPS) is 10.8. The number of methoxy groups -OCH3 is 2. The molecule has 0 aliphatic carbocycles. The first kappa shape index (κ1) is 24.0. The Labute approximate surface area is 203 Å². The number of hydrogen-bond donors (Lipinski definition) is 2. The Balaban J connectivity index is 1.64. The smallest absolute Gasteiger partial charge is 0.253 e. The molecule has 8 nitrogen and oxygen atoms in total. The van der Waals surface area contributed by atoms with Crippen molar-refractivity contribution in [3.8, 4) is 5.75 Å². The summed E-state index contributed by atoms with van der Waals surface area (Å²) in [5.74, 6) is 0.118. The molecular weight excluding hydrogens is 444 g/mol. The first-order chi connectivity index (χ1) is 17.1. The minimum Gasteiger partial charge on any atom is -0.496 e. The van der Waals surface area contributed by atoms with Gasteiger partial charge in [-0.25, -0.2) is 4.98 Å². The number of anilines is 1. The standard InChI is InChI=1S/C27H28N4O4/c1-34-17-25(32)30-21-14-22(27(33)28-16-20-10-6-7-11-24(20)35-2)26-23(15-21)29-18-31(26)13-12-19-8-4-3-5-9-19/h3-11,14-15,18H,12-13,16-17H2,1-2H3,(H,28,33)(H,30,32). The highest BCUT2D eigenvalue weighted by molar-refractivity contribution is 6.07. The van der Waals surface area contributed by atoms with Gasteiger partial charge in [0.2, 0.25) is 5.91 Å². The molecule has 0 saturated carbocycles. The van der Waals surface area contributed by atoms with Crippen molar-refractivity contribution >= 4 is 28.5 Å². The lowest BCUT2D eigenvalue weighted by molar-refractivity contribution is -0.119. The monoisotopic (exact) mass is 472 g/mol. The third-order valence-corrected chi connectivity index (χ3v) is 5.63. The van der Waals surface area contributed by atoms with Gasteiger partial charge in [0.1, 0.15) is 12.4 Å². The van der Waals surface area contributed by atoms with E-state index in [0.717, 1.165) is 12.0 Å². The predicted molar refractivity (Wildman–Crippen MR) is 135 cm³/mol. The summed E-state index contributed by atoms with van der Waals surface area (Å²) in [5, 5.41) is 5.76. The average Bonchev–Trinajstić information content (AvgIpc) is 3.29. The molecule has 2 N–H and O–H groups in total. The number of hydrogen-bond acceptors (Lipinski definition) is 5. The van der Waals surface area contributed by atoms with Gasteiger partial charge in [-0.15, -0.1) is 0 Å². The number of nitrogens with zero attached hydrogens (tertiary/aromatic N) is 2. The number of fused-ring (bicyclic) bond motifs is 1. The highest BCUT2D eigenvalue weighted by Crippen LogP contribution is 2.25. The zero-order valence-corrected chi connectivity index (χ0v) is 19.8. The van der Waals surface area contributed by atoms with E-state index in [0.29, 0.717) is 41.1 Å². The van der Waals surface area contributed by atoms with Gasteiger partial charge in [-0.3, -0.25) is 9.59 Å². The van der Waals surface area contributed by atoms with Crippen LogP contribution in [-0.2, 0) is 29.0 Å². The highest BCUT2D eigenvalue weighted by atomic mass is 16.5. The van der Waals surface area contributed by atoms with Crippen LogP contribution in [0.5, 0.6) is 5.75 Å². The molecule has 2 amide bonds. The van der Waals surface area contributed by atoms with Crippen LogP contribution in [0.1, 0.15) is 21.5 Å². The molecule has 0 spiro atoms. The van der Waals surface area contributed by atoms with Gasteiger partial charge in [0, 0.05) is 31.5 Å². The summed E-state index contributed by atoms with van der Waals surface area (Å²) >= 11 is 0. The van der Waals surface area contributed by atoms with E-state index in [1.165, 1.54) is 12.7 Å². The lowest BCUT2D eigenvalue weighted by Crippen LogP contribution is -2.24. The minimum atomic E-state index is -0.309. The van der Waals surface area contributed by atoms with Gasteiger partial charge >= 0.3 is 0 Å². The number of rotatable bonds is 10. The van der Waals surface area contributed by atoms with Gasteiger partial charge in [0.25, 0.3) is 5.91 Å². The first-order valence-corrected chi connectivity index (χ1v) is 11.3. The van der Waals surface area contributed by atoms with Crippen LogP contribution in [0.2, 0.25) is 0 Å². The highest BCUT2D eigenvalue weighted by Gasteiger charge is 2.18. The summed E-state index contributed by atoms with van der Waals surface area (Å²) in [6.07, 6.45) is 2.52. The third-order valence-electron chi connectivity index (χ3n) is 5.63. The number of amides is 2. The largest absolute Gasteiger partial charge is 0.496 e. The van der Waals surface area contributed by atoms with Crippen molar-refractivity contribution in [1.82, 2.24) is 14.9 Å². The van der Waals surface area contributed by atoms with Crippen molar-refractivity contribution < 1.29 is 19.1 Å². The Morgan fingerprint density at radius 2 is 1.77 bits per heavy atom. The number of benzene rings is 3. The van der Waals surface area contributed by atoms with Crippen molar-refractivity contribution in [3.05, 3.63) is 89.7 Å². The molecule has 35 heavy (non-hydrogen) atoms. The van der Waals surface area contributed by atoms with Gasteiger partial charge in [-0.05, 0) is 30.2 Å². The van der Waals surface area contributed by atoms with Crippen LogP contribution in [0.4, 0.5) is 5.69 Å². The van der Waals surface area contributed by atoms with Crippen molar-refractivity contribution in [2.45, 2.75) is 19.5 Å². The molecule has 0 aliphatic heterocycles. The van der Waals surface area contributed by atoms with Crippen molar-refractivity contribution in [2.24, 2.45) is 0 Å². The fourth-order valence-electron chi connectivity index (χ4n) is 3.97. The van der Waals surface area contributed by atoms with Crippen LogP contribution >= 0.6 is 0 Å². The second-order valence-electron chi connectivity index (χ2n) is 8.04. The van der Waals surface area contributed by atoms with E-state index in [-0.39, 0.29) is 18.4 Å². The molecule has 4 aromatic rings. The number of imidazole rings is 1. The lowest BCUT2D eigenvalue weighted by Gasteiger charge is -2.13. The molecule has 8 heteroatoms. The average molecular weight is 473 g/mol. The van der Waals surface area contributed by atoms with Crippen LogP contribution in [0.15, 0.2) is 73.1 Å². The zero-order valence-electron chi connectivity index (χ0n) is 19.8. The summed E-state index contributed by atoms with van der Waals surface area (Å²) in [6.45, 7) is 0.865. The fraction of sp³-hybridized carbons (Fsp3) is 0.222. The summed E-state index contributed by atoms with van der Waals surface area (Å²) in [5.41, 5.74) is 4.30. The van der Waals surface area contributed by atoms with E-state index in [4.69, 9.17) is 9.47 Å². The Morgan fingerprint density at radius 3 is 2.54 bits per heavy atom. The van der Waals surface area contributed by atoms with Gasteiger partial charge in [-0.1, -0.05) is 48.5 Å². The van der Waals surface area contributed by atoms with Crippen LogP contribution in [-0.4, -0.2) is 42.2 Å². The summed E-state index contributed by atoms with van der Waals surface area (Å²) in [6, 6.07) is 21.1. The Kier molecular flexibility index (Phi) is 7.74. The summed E-state index contributed by atoms with van der Waals surface area (Å²) in [7, 11) is 3.05. The number of aryl methyl sites for hydroxylation is 2. The quantitative estimate of drug-likeness (QED) is 0.366. The van der Waals surface area contributed by atoms with E-state index >= 15 is 0 Å². The Morgan fingerprint density at radius 1 is 1.00 bits per heavy atom. The van der Waals surface area contributed by atoms with Crippen molar-refractivity contribution in [3.63, 3.8) is 0 Å².